The smallest absolute Gasteiger partial charge is 0.305 e. The van der Waals surface area contributed by atoms with Crippen LogP contribution in [-0.2, 0) is 19.0 Å². The number of hydrogen-bond donors (Lipinski definition) is 0. The first-order valence-corrected chi connectivity index (χ1v) is 7.69. The van der Waals surface area contributed by atoms with Gasteiger partial charge in [0.15, 0.2) is 6.29 Å². The number of halogens is 1. The Morgan fingerprint density at radius 1 is 1.37 bits per heavy atom. The van der Waals surface area contributed by atoms with Gasteiger partial charge < -0.3 is 14.2 Å². The SMILES string of the molecule is COC(=O)CCCC[C@@H](CCCl)O[C@H]1CCCCO1. The monoisotopic (exact) mass is 292 g/mol. The van der Waals surface area contributed by atoms with Crippen molar-refractivity contribution >= 4 is 17.6 Å². The van der Waals surface area contributed by atoms with Crippen LogP contribution in [0.3, 0.4) is 0 Å². The van der Waals surface area contributed by atoms with Crippen LogP contribution in [0.25, 0.3) is 0 Å². The zero-order valence-corrected chi connectivity index (χ0v) is 12.5. The maximum atomic E-state index is 11.0. The summed E-state index contributed by atoms with van der Waals surface area (Å²) in [6.07, 6.45) is 7.35. The van der Waals surface area contributed by atoms with Gasteiger partial charge in [-0.15, -0.1) is 11.6 Å². The molecule has 1 saturated heterocycles. The summed E-state index contributed by atoms with van der Waals surface area (Å²) in [5, 5.41) is 0. The quantitative estimate of drug-likeness (QED) is 0.372. The van der Waals surface area contributed by atoms with E-state index in [1.54, 1.807) is 0 Å². The highest BCUT2D eigenvalue weighted by Crippen LogP contribution is 2.20. The fourth-order valence-corrected chi connectivity index (χ4v) is 2.42. The molecule has 0 spiro atoms. The van der Waals surface area contributed by atoms with Gasteiger partial charge in [0.05, 0.1) is 13.2 Å². The summed E-state index contributed by atoms with van der Waals surface area (Å²) in [7, 11) is 1.42. The molecule has 19 heavy (non-hydrogen) atoms. The lowest BCUT2D eigenvalue weighted by molar-refractivity contribution is -0.189. The minimum Gasteiger partial charge on any atom is -0.469 e. The Morgan fingerprint density at radius 3 is 2.84 bits per heavy atom. The summed E-state index contributed by atoms with van der Waals surface area (Å²) in [6.45, 7) is 0.792. The van der Waals surface area contributed by atoms with E-state index in [9.17, 15) is 4.79 Å². The molecule has 0 saturated carbocycles. The predicted octanol–water partition coefficient (Wildman–Crippen LogP) is 3.26. The number of methoxy groups -OCH3 is 1. The number of unbranched alkanes of at least 4 members (excludes halogenated alkanes) is 1. The van der Waals surface area contributed by atoms with Gasteiger partial charge in [0, 0.05) is 18.9 Å². The maximum Gasteiger partial charge on any atom is 0.305 e. The largest absolute Gasteiger partial charge is 0.469 e. The van der Waals surface area contributed by atoms with E-state index < -0.39 is 0 Å². The van der Waals surface area contributed by atoms with Crippen molar-refractivity contribution in [2.24, 2.45) is 0 Å². The number of ether oxygens (including phenoxy) is 3. The fraction of sp³-hybridized carbons (Fsp3) is 0.929. The second-order valence-corrected chi connectivity index (χ2v) is 5.23. The van der Waals surface area contributed by atoms with Gasteiger partial charge in [-0.3, -0.25) is 4.79 Å². The molecule has 1 rings (SSSR count). The number of carbonyl (C=O) groups is 1. The predicted molar refractivity (Wildman–Crippen MR) is 74.3 cm³/mol. The number of alkyl halides is 1. The van der Waals surface area contributed by atoms with Crippen LogP contribution < -0.4 is 0 Å². The number of hydrogen-bond acceptors (Lipinski definition) is 4. The minimum absolute atomic E-state index is 0.0671. The van der Waals surface area contributed by atoms with Crippen molar-refractivity contribution in [3.8, 4) is 0 Å². The van der Waals surface area contributed by atoms with Crippen LogP contribution >= 0.6 is 11.6 Å². The molecule has 112 valence electrons. The van der Waals surface area contributed by atoms with Crippen molar-refractivity contribution in [3.05, 3.63) is 0 Å². The Hall–Kier alpha value is -0.320. The maximum absolute atomic E-state index is 11.0. The molecule has 0 aromatic heterocycles. The molecule has 0 aromatic carbocycles. The summed E-state index contributed by atoms with van der Waals surface area (Å²) < 4.78 is 16.1. The molecule has 0 N–H and O–H groups in total. The Morgan fingerprint density at radius 2 is 2.21 bits per heavy atom. The molecule has 1 aliphatic rings. The molecule has 0 aromatic rings. The summed E-state index contributed by atoms with van der Waals surface area (Å²) >= 11 is 5.80. The Kier molecular flexibility index (Phi) is 9.22. The molecule has 0 aliphatic carbocycles. The Balaban J connectivity index is 2.17. The highest BCUT2D eigenvalue weighted by molar-refractivity contribution is 6.17. The normalized spacial score (nSPS) is 21.1. The average Bonchev–Trinajstić information content (AvgIpc) is 2.44. The molecule has 2 atom stereocenters. The zero-order chi connectivity index (χ0) is 13.9. The topological polar surface area (TPSA) is 44.8 Å². The van der Waals surface area contributed by atoms with Crippen LogP contribution in [0.2, 0.25) is 0 Å². The number of rotatable bonds is 9. The highest BCUT2D eigenvalue weighted by atomic mass is 35.5. The lowest BCUT2D eigenvalue weighted by atomic mass is 10.1. The van der Waals surface area contributed by atoms with E-state index in [1.165, 1.54) is 13.5 Å². The van der Waals surface area contributed by atoms with Crippen molar-refractivity contribution in [1.82, 2.24) is 0 Å². The molecular weight excluding hydrogens is 268 g/mol. The van der Waals surface area contributed by atoms with E-state index in [1.807, 2.05) is 0 Å². The highest BCUT2D eigenvalue weighted by Gasteiger charge is 2.19. The van der Waals surface area contributed by atoms with Gasteiger partial charge >= 0.3 is 5.97 Å². The lowest BCUT2D eigenvalue weighted by Gasteiger charge is -2.27. The first-order chi connectivity index (χ1) is 9.26. The van der Waals surface area contributed by atoms with E-state index in [0.29, 0.717) is 12.3 Å². The average molecular weight is 293 g/mol. The second-order valence-electron chi connectivity index (χ2n) is 4.85. The van der Waals surface area contributed by atoms with Gasteiger partial charge in [0.1, 0.15) is 0 Å². The molecule has 1 aliphatic heterocycles. The van der Waals surface area contributed by atoms with Gasteiger partial charge in [-0.1, -0.05) is 6.42 Å². The molecule has 0 amide bonds. The van der Waals surface area contributed by atoms with Gasteiger partial charge in [-0.2, -0.15) is 0 Å². The van der Waals surface area contributed by atoms with Gasteiger partial charge in [0.2, 0.25) is 0 Å². The van der Waals surface area contributed by atoms with E-state index in [2.05, 4.69) is 4.74 Å². The molecule has 0 bridgehead atoms. The third-order valence-corrected chi connectivity index (χ3v) is 3.52. The third kappa shape index (κ3) is 7.75. The van der Waals surface area contributed by atoms with Gasteiger partial charge in [-0.05, 0) is 38.5 Å². The van der Waals surface area contributed by atoms with Crippen molar-refractivity contribution in [2.75, 3.05) is 19.6 Å². The molecule has 4 nitrogen and oxygen atoms in total. The number of carbonyl (C=O) groups excluding carboxylic acids is 1. The summed E-state index contributed by atoms with van der Waals surface area (Å²) in [5.74, 6) is 0.444. The Bertz CT molecular complexity index is 242. The van der Waals surface area contributed by atoms with Gasteiger partial charge in [0.25, 0.3) is 0 Å². The summed E-state index contributed by atoms with van der Waals surface area (Å²) in [6, 6.07) is 0. The van der Waals surface area contributed by atoms with Crippen LogP contribution in [0, 0.1) is 0 Å². The van der Waals surface area contributed by atoms with Crippen molar-refractivity contribution in [1.29, 1.82) is 0 Å². The van der Waals surface area contributed by atoms with Crippen LogP contribution in [0.5, 0.6) is 0 Å². The van der Waals surface area contributed by atoms with Crippen LogP contribution in [0.4, 0.5) is 0 Å². The summed E-state index contributed by atoms with van der Waals surface area (Å²) in [5.41, 5.74) is 0. The van der Waals surface area contributed by atoms with E-state index >= 15 is 0 Å². The minimum atomic E-state index is -0.148. The standard InChI is InChI=1S/C14H25ClO4/c1-17-13(16)7-3-2-6-12(9-10-15)19-14-8-4-5-11-18-14/h12,14H,2-11H2,1H3/t12-,14-/m0/s1. The van der Waals surface area contributed by atoms with Crippen LogP contribution in [-0.4, -0.2) is 38.0 Å². The van der Waals surface area contributed by atoms with E-state index in [0.717, 1.165) is 45.1 Å². The molecule has 1 fully saturated rings. The van der Waals surface area contributed by atoms with Crippen molar-refractivity contribution < 1.29 is 19.0 Å². The molecular formula is C14H25ClO4. The lowest BCUT2D eigenvalue weighted by Crippen LogP contribution is -2.28. The van der Waals surface area contributed by atoms with Crippen LogP contribution in [0.1, 0.15) is 51.4 Å². The number of esters is 1. The molecule has 0 radical (unpaired) electrons. The first-order valence-electron chi connectivity index (χ1n) is 7.16. The van der Waals surface area contributed by atoms with Gasteiger partial charge in [-0.25, -0.2) is 0 Å². The van der Waals surface area contributed by atoms with Crippen molar-refractivity contribution in [2.45, 2.75) is 63.8 Å². The van der Waals surface area contributed by atoms with Crippen molar-refractivity contribution in [3.63, 3.8) is 0 Å². The van der Waals surface area contributed by atoms with Crippen LogP contribution in [0.15, 0.2) is 0 Å². The summed E-state index contributed by atoms with van der Waals surface area (Å²) in [4.78, 5) is 11.0. The third-order valence-electron chi connectivity index (χ3n) is 3.30. The fourth-order valence-electron chi connectivity index (χ4n) is 2.18. The van der Waals surface area contributed by atoms with E-state index in [-0.39, 0.29) is 18.4 Å². The first kappa shape index (κ1) is 16.7. The molecule has 5 heteroatoms. The Labute approximate surface area is 120 Å². The zero-order valence-electron chi connectivity index (χ0n) is 11.7. The van der Waals surface area contributed by atoms with E-state index in [4.69, 9.17) is 21.1 Å². The second kappa shape index (κ2) is 10.5. The molecule has 0 unspecified atom stereocenters. The molecule has 1 heterocycles.